The van der Waals surface area contributed by atoms with Crippen molar-refractivity contribution in [3.63, 3.8) is 0 Å². The number of methoxy groups -OCH3 is 2. The number of halogens is 1. The molecule has 6 nitrogen and oxygen atoms in total. The average molecular weight is 429 g/mol. The number of carbonyl (C=O) groups excluding carboxylic acids is 2. The van der Waals surface area contributed by atoms with Gasteiger partial charge < -0.3 is 19.7 Å². The highest BCUT2D eigenvalue weighted by Gasteiger charge is 2.42. The highest BCUT2D eigenvalue weighted by molar-refractivity contribution is 5.84. The minimum absolute atomic E-state index is 0.0145. The number of amides is 2. The second-order valence-electron chi connectivity index (χ2n) is 8.06. The van der Waals surface area contributed by atoms with Crippen molar-refractivity contribution in [2.75, 3.05) is 27.3 Å². The molecule has 1 aliphatic heterocycles. The SMILES string of the molecule is COc1ccc(OC)c([C@H]2CN(C(=O)C(C)C)C[C@H]2C(=O)NCc2ccc(F)cc2)c1. The number of carbonyl (C=O) groups is 2. The van der Waals surface area contributed by atoms with Crippen LogP contribution in [0.25, 0.3) is 0 Å². The first-order chi connectivity index (χ1) is 14.8. The van der Waals surface area contributed by atoms with Crippen molar-refractivity contribution in [3.05, 3.63) is 59.4 Å². The molecule has 1 saturated heterocycles. The summed E-state index contributed by atoms with van der Waals surface area (Å²) in [4.78, 5) is 27.6. The summed E-state index contributed by atoms with van der Waals surface area (Å²) < 4.78 is 24.1. The summed E-state index contributed by atoms with van der Waals surface area (Å²) in [6, 6.07) is 11.5. The summed E-state index contributed by atoms with van der Waals surface area (Å²) in [7, 11) is 3.17. The number of hydrogen-bond donors (Lipinski definition) is 1. The first-order valence-corrected chi connectivity index (χ1v) is 10.4. The van der Waals surface area contributed by atoms with Crippen LogP contribution in [0.15, 0.2) is 42.5 Å². The van der Waals surface area contributed by atoms with Crippen LogP contribution in [0.2, 0.25) is 0 Å². The van der Waals surface area contributed by atoms with Gasteiger partial charge in [0, 0.05) is 37.0 Å². The maximum absolute atomic E-state index is 13.2. The van der Waals surface area contributed by atoms with Gasteiger partial charge in [-0.05, 0) is 35.9 Å². The maximum Gasteiger partial charge on any atom is 0.225 e. The van der Waals surface area contributed by atoms with E-state index in [0.717, 1.165) is 11.1 Å². The van der Waals surface area contributed by atoms with Crippen molar-refractivity contribution >= 4 is 11.8 Å². The molecule has 0 radical (unpaired) electrons. The predicted octanol–water partition coefficient (Wildman–Crippen LogP) is 3.36. The number of benzene rings is 2. The molecule has 0 aromatic heterocycles. The van der Waals surface area contributed by atoms with E-state index in [1.54, 1.807) is 37.3 Å². The van der Waals surface area contributed by atoms with Crippen LogP contribution < -0.4 is 14.8 Å². The summed E-state index contributed by atoms with van der Waals surface area (Å²) in [5.74, 6) is 0.0211. The van der Waals surface area contributed by atoms with Crippen LogP contribution >= 0.6 is 0 Å². The number of nitrogens with one attached hydrogen (secondary N) is 1. The minimum Gasteiger partial charge on any atom is -0.497 e. The molecule has 0 saturated carbocycles. The van der Waals surface area contributed by atoms with E-state index in [2.05, 4.69) is 5.32 Å². The van der Waals surface area contributed by atoms with Gasteiger partial charge in [-0.1, -0.05) is 26.0 Å². The van der Waals surface area contributed by atoms with Crippen molar-refractivity contribution in [3.8, 4) is 11.5 Å². The molecule has 2 aromatic carbocycles. The number of ether oxygens (including phenoxy) is 2. The third-order valence-electron chi connectivity index (χ3n) is 5.68. The van der Waals surface area contributed by atoms with Crippen LogP contribution in [-0.4, -0.2) is 44.0 Å². The Morgan fingerprint density at radius 3 is 2.42 bits per heavy atom. The predicted molar refractivity (Wildman–Crippen MR) is 115 cm³/mol. The zero-order chi connectivity index (χ0) is 22.5. The van der Waals surface area contributed by atoms with Gasteiger partial charge in [-0.25, -0.2) is 4.39 Å². The molecule has 1 fully saturated rings. The van der Waals surface area contributed by atoms with Crippen molar-refractivity contribution in [1.82, 2.24) is 10.2 Å². The molecule has 0 unspecified atom stereocenters. The van der Waals surface area contributed by atoms with Gasteiger partial charge in [-0.2, -0.15) is 0 Å². The van der Waals surface area contributed by atoms with Crippen LogP contribution in [0.1, 0.15) is 30.9 Å². The van der Waals surface area contributed by atoms with Gasteiger partial charge >= 0.3 is 0 Å². The van der Waals surface area contributed by atoms with Crippen molar-refractivity contribution in [1.29, 1.82) is 0 Å². The van der Waals surface area contributed by atoms with Gasteiger partial charge in [0.05, 0.1) is 20.1 Å². The van der Waals surface area contributed by atoms with Crippen LogP contribution in [0.4, 0.5) is 4.39 Å². The van der Waals surface area contributed by atoms with E-state index in [1.807, 2.05) is 26.0 Å². The van der Waals surface area contributed by atoms with Crippen LogP contribution in [0.3, 0.4) is 0 Å². The Kier molecular flexibility index (Phi) is 7.15. The lowest BCUT2D eigenvalue weighted by molar-refractivity contribution is -0.133. The molecule has 31 heavy (non-hydrogen) atoms. The summed E-state index contributed by atoms with van der Waals surface area (Å²) in [5.41, 5.74) is 1.64. The molecule has 166 valence electrons. The van der Waals surface area contributed by atoms with E-state index in [9.17, 15) is 14.0 Å². The van der Waals surface area contributed by atoms with E-state index in [4.69, 9.17) is 9.47 Å². The zero-order valence-corrected chi connectivity index (χ0v) is 18.4. The summed E-state index contributed by atoms with van der Waals surface area (Å²) >= 11 is 0. The molecule has 0 aliphatic carbocycles. The Bertz CT molecular complexity index is 930. The van der Waals surface area contributed by atoms with Gasteiger partial charge in [0.15, 0.2) is 0 Å². The third kappa shape index (κ3) is 5.16. The Labute approximate surface area is 182 Å². The van der Waals surface area contributed by atoms with Crippen LogP contribution in [0.5, 0.6) is 11.5 Å². The highest BCUT2D eigenvalue weighted by atomic mass is 19.1. The van der Waals surface area contributed by atoms with Crippen molar-refractivity contribution in [2.24, 2.45) is 11.8 Å². The second-order valence-corrected chi connectivity index (χ2v) is 8.06. The smallest absolute Gasteiger partial charge is 0.225 e. The van der Waals surface area contributed by atoms with Gasteiger partial charge in [0.2, 0.25) is 11.8 Å². The van der Waals surface area contributed by atoms with Crippen molar-refractivity contribution in [2.45, 2.75) is 26.3 Å². The first kappa shape index (κ1) is 22.6. The monoisotopic (exact) mass is 428 g/mol. The average Bonchev–Trinajstić information content (AvgIpc) is 3.22. The Morgan fingerprint density at radius 2 is 1.81 bits per heavy atom. The number of nitrogens with zero attached hydrogens (tertiary/aromatic N) is 1. The summed E-state index contributed by atoms with van der Waals surface area (Å²) in [6.07, 6.45) is 0. The molecule has 1 aliphatic rings. The molecular formula is C24H29FN2O4. The molecule has 7 heteroatoms. The van der Waals surface area contributed by atoms with Gasteiger partial charge in [-0.3, -0.25) is 9.59 Å². The lowest BCUT2D eigenvalue weighted by Crippen LogP contribution is -2.36. The fourth-order valence-electron chi connectivity index (χ4n) is 3.98. The molecule has 2 atom stereocenters. The Morgan fingerprint density at radius 1 is 1.10 bits per heavy atom. The molecule has 1 heterocycles. The Balaban J connectivity index is 1.86. The van der Waals surface area contributed by atoms with Crippen LogP contribution in [0, 0.1) is 17.7 Å². The van der Waals surface area contributed by atoms with E-state index >= 15 is 0 Å². The molecule has 0 spiro atoms. The molecule has 2 aromatic rings. The molecule has 2 amide bonds. The molecular weight excluding hydrogens is 399 g/mol. The molecule has 0 bridgehead atoms. The van der Waals surface area contributed by atoms with E-state index in [1.165, 1.54) is 12.1 Å². The fourth-order valence-corrected chi connectivity index (χ4v) is 3.98. The van der Waals surface area contributed by atoms with Gasteiger partial charge in [0.1, 0.15) is 17.3 Å². The topological polar surface area (TPSA) is 67.9 Å². The van der Waals surface area contributed by atoms with Gasteiger partial charge in [0.25, 0.3) is 0 Å². The van der Waals surface area contributed by atoms with Crippen molar-refractivity contribution < 1.29 is 23.5 Å². The van der Waals surface area contributed by atoms with Gasteiger partial charge in [-0.15, -0.1) is 0 Å². The highest BCUT2D eigenvalue weighted by Crippen LogP contribution is 2.40. The first-order valence-electron chi connectivity index (χ1n) is 10.4. The minimum atomic E-state index is -0.441. The van der Waals surface area contributed by atoms with E-state index in [0.29, 0.717) is 24.6 Å². The summed E-state index contributed by atoms with van der Waals surface area (Å²) in [6.45, 7) is 4.75. The fraction of sp³-hybridized carbons (Fsp3) is 0.417. The molecule has 1 N–H and O–H groups in total. The number of likely N-dealkylation sites (tertiary alicyclic amines) is 1. The van der Waals surface area contributed by atoms with E-state index < -0.39 is 5.92 Å². The van der Waals surface area contributed by atoms with Crippen LogP contribution in [-0.2, 0) is 16.1 Å². The van der Waals surface area contributed by atoms with E-state index in [-0.39, 0.29) is 36.0 Å². The zero-order valence-electron chi connectivity index (χ0n) is 18.4. The lowest BCUT2D eigenvalue weighted by atomic mass is 9.87. The third-order valence-corrected chi connectivity index (χ3v) is 5.68. The molecule has 3 rings (SSSR count). The normalized spacial score (nSPS) is 18.2. The second kappa shape index (κ2) is 9.81. The quantitative estimate of drug-likeness (QED) is 0.734. The number of hydrogen-bond acceptors (Lipinski definition) is 4. The Hall–Kier alpha value is -3.09. The maximum atomic E-state index is 13.2. The standard InChI is InChI=1S/C24H29FN2O4/c1-15(2)24(29)27-13-20(19-11-18(30-3)9-10-22(19)31-4)21(14-27)23(28)26-12-16-5-7-17(25)8-6-16/h5-11,15,20-21H,12-14H2,1-4H3,(H,26,28)/t20-,21-/m1/s1. The lowest BCUT2D eigenvalue weighted by Gasteiger charge is -2.21. The number of rotatable bonds is 7. The summed E-state index contributed by atoms with van der Waals surface area (Å²) in [5, 5.41) is 2.94. The largest absolute Gasteiger partial charge is 0.497 e.